The van der Waals surface area contributed by atoms with Gasteiger partial charge in [-0.1, -0.05) is 0 Å². The van der Waals surface area contributed by atoms with Gasteiger partial charge in [-0.15, -0.1) is 0 Å². The number of nitrogens with one attached hydrogen (secondary N) is 1. The third-order valence-electron chi connectivity index (χ3n) is 2.36. The van der Waals surface area contributed by atoms with E-state index < -0.39 is 39.5 Å². The van der Waals surface area contributed by atoms with E-state index in [0.717, 1.165) is 0 Å². The molecular weight excluding hydrogens is 303 g/mol. The van der Waals surface area contributed by atoms with E-state index >= 15 is 0 Å². The van der Waals surface area contributed by atoms with Crippen LogP contribution in [0, 0.1) is 0 Å². The first kappa shape index (κ1) is 17.0. The highest BCUT2D eigenvalue weighted by atomic mass is 32.2. The van der Waals surface area contributed by atoms with Crippen LogP contribution in [-0.2, 0) is 19.0 Å². The lowest BCUT2D eigenvalue weighted by Crippen LogP contribution is -2.50. The second kappa shape index (κ2) is 5.40. The lowest BCUT2D eigenvalue weighted by atomic mass is 9.90. The van der Waals surface area contributed by atoms with Crippen LogP contribution in [0.4, 0.5) is 18.0 Å². The summed E-state index contributed by atoms with van der Waals surface area (Å²) in [5.41, 5.74) is -6.12. The minimum Gasteiger partial charge on any atom is -0.444 e. The Morgan fingerprint density at radius 3 is 2.10 bits per heavy atom. The largest absolute Gasteiger partial charge is 0.523 e. The molecule has 1 amide bonds. The van der Waals surface area contributed by atoms with Gasteiger partial charge >= 0.3 is 21.7 Å². The topological polar surface area (TPSA) is 81.7 Å². The minimum absolute atomic E-state index is 0.0193. The Morgan fingerprint density at radius 1 is 1.20 bits per heavy atom. The van der Waals surface area contributed by atoms with Crippen molar-refractivity contribution in [1.82, 2.24) is 5.32 Å². The van der Waals surface area contributed by atoms with E-state index in [1.165, 1.54) is 0 Å². The number of carbonyl (C=O) groups is 1. The summed E-state index contributed by atoms with van der Waals surface area (Å²) in [6.45, 7) is 4.99. The van der Waals surface area contributed by atoms with Crippen LogP contribution >= 0.6 is 0 Å². The Hall–Kier alpha value is -1.03. The number of hydrogen-bond donors (Lipinski definition) is 1. The quantitative estimate of drug-likeness (QED) is 0.635. The van der Waals surface area contributed by atoms with Gasteiger partial charge < -0.3 is 10.1 Å². The molecule has 10 heteroatoms. The Kier molecular flexibility index (Phi) is 4.59. The Balaban J connectivity index is 2.36. The summed E-state index contributed by atoms with van der Waals surface area (Å²) in [5.74, 6) is 0. The number of ether oxygens (including phenoxy) is 1. The summed E-state index contributed by atoms with van der Waals surface area (Å²) in [6.07, 6.45) is -1.83. The molecule has 0 bridgehead atoms. The summed E-state index contributed by atoms with van der Waals surface area (Å²) >= 11 is 0. The fourth-order valence-corrected chi connectivity index (χ4v) is 2.09. The Labute approximate surface area is 114 Å². The summed E-state index contributed by atoms with van der Waals surface area (Å²) in [4.78, 5) is 11.3. The van der Waals surface area contributed by atoms with Crippen LogP contribution < -0.4 is 5.32 Å². The molecule has 118 valence electrons. The first-order valence-corrected chi connectivity index (χ1v) is 7.20. The van der Waals surface area contributed by atoms with Crippen LogP contribution in [0.5, 0.6) is 0 Å². The molecule has 0 aliphatic heterocycles. The van der Waals surface area contributed by atoms with Crippen molar-refractivity contribution in [3.63, 3.8) is 0 Å². The lowest BCUT2D eigenvalue weighted by Gasteiger charge is -2.35. The summed E-state index contributed by atoms with van der Waals surface area (Å²) in [5, 5.41) is 2.41. The molecule has 1 rings (SSSR count). The summed E-state index contributed by atoms with van der Waals surface area (Å²) in [6, 6.07) is -0.460. The molecule has 0 aromatic heterocycles. The van der Waals surface area contributed by atoms with E-state index in [9.17, 15) is 26.4 Å². The van der Waals surface area contributed by atoms with Gasteiger partial charge in [0.05, 0.1) is 6.10 Å². The van der Waals surface area contributed by atoms with Crippen molar-refractivity contribution in [1.29, 1.82) is 0 Å². The highest BCUT2D eigenvalue weighted by Crippen LogP contribution is 2.31. The zero-order valence-electron chi connectivity index (χ0n) is 11.2. The van der Waals surface area contributed by atoms with Gasteiger partial charge in [-0.05, 0) is 33.6 Å². The average Bonchev–Trinajstić information content (AvgIpc) is 2.08. The van der Waals surface area contributed by atoms with E-state index in [4.69, 9.17) is 4.74 Å². The normalized spacial score (nSPS) is 23.9. The maximum Gasteiger partial charge on any atom is 0.523 e. The van der Waals surface area contributed by atoms with Crippen LogP contribution in [0.25, 0.3) is 0 Å². The van der Waals surface area contributed by atoms with Gasteiger partial charge in [-0.3, -0.25) is 4.18 Å². The number of halogens is 3. The van der Waals surface area contributed by atoms with Crippen molar-refractivity contribution in [2.45, 2.75) is 56.9 Å². The number of hydrogen-bond acceptors (Lipinski definition) is 5. The van der Waals surface area contributed by atoms with E-state index in [1.807, 2.05) is 0 Å². The molecule has 0 atom stereocenters. The summed E-state index contributed by atoms with van der Waals surface area (Å²) in [7, 11) is -5.58. The molecule has 0 aromatic rings. The smallest absolute Gasteiger partial charge is 0.444 e. The molecule has 0 heterocycles. The Morgan fingerprint density at radius 2 is 1.70 bits per heavy atom. The first-order chi connectivity index (χ1) is 8.80. The van der Waals surface area contributed by atoms with Gasteiger partial charge in [0.2, 0.25) is 0 Å². The van der Waals surface area contributed by atoms with Crippen LogP contribution in [0.3, 0.4) is 0 Å². The van der Waals surface area contributed by atoms with Crippen LogP contribution in [0.1, 0.15) is 33.6 Å². The maximum absolute atomic E-state index is 12.0. The number of alkyl carbamates (subject to hydrolysis) is 1. The predicted molar refractivity (Wildman–Crippen MR) is 62.2 cm³/mol. The second-order valence-corrected chi connectivity index (χ2v) is 7.00. The molecule has 20 heavy (non-hydrogen) atoms. The summed E-state index contributed by atoms with van der Waals surface area (Å²) < 4.78 is 66.5. The van der Waals surface area contributed by atoms with Crippen LogP contribution in [0.15, 0.2) is 0 Å². The van der Waals surface area contributed by atoms with E-state index in [-0.39, 0.29) is 12.8 Å². The van der Waals surface area contributed by atoms with Gasteiger partial charge in [-0.25, -0.2) is 4.79 Å². The minimum atomic E-state index is -5.58. The van der Waals surface area contributed by atoms with Crippen LogP contribution in [0.2, 0.25) is 0 Å². The fraction of sp³-hybridized carbons (Fsp3) is 0.900. The van der Waals surface area contributed by atoms with Crippen molar-refractivity contribution in [2.24, 2.45) is 0 Å². The van der Waals surface area contributed by atoms with E-state index in [2.05, 4.69) is 9.50 Å². The lowest BCUT2D eigenvalue weighted by molar-refractivity contribution is -0.0619. The zero-order chi connectivity index (χ0) is 15.8. The van der Waals surface area contributed by atoms with Crippen molar-refractivity contribution < 1.29 is 35.3 Å². The van der Waals surface area contributed by atoms with Gasteiger partial charge in [0.1, 0.15) is 5.60 Å². The van der Waals surface area contributed by atoms with E-state index in [1.54, 1.807) is 20.8 Å². The van der Waals surface area contributed by atoms with Crippen LogP contribution in [-0.4, -0.2) is 37.8 Å². The van der Waals surface area contributed by atoms with E-state index in [0.29, 0.717) is 0 Å². The Bertz CT molecular complexity index is 462. The van der Waals surface area contributed by atoms with Crippen molar-refractivity contribution in [2.75, 3.05) is 0 Å². The molecule has 1 saturated carbocycles. The van der Waals surface area contributed by atoms with Gasteiger partial charge in [-0.2, -0.15) is 21.6 Å². The zero-order valence-corrected chi connectivity index (χ0v) is 12.0. The SMILES string of the molecule is CC(C)(C)OC(=O)N[C@H]1C[C@@H](OS(=O)(=O)C(F)(F)F)C1. The number of carbonyl (C=O) groups excluding carboxylic acids is 1. The monoisotopic (exact) mass is 319 g/mol. The molecule has 0 unspecified atom stereocenters. The molecule has 0 radical (unpaired) electrons. The fourth-order valence-electron chi connectivity index (χ4n) is 1.47. The third kappa shape index (κ3) is 4.82. The van der Waals surface area contributed by atoms with Crippen molar-refractivity contribution >= 4 is 16.2 Å². The predicted octanol–water partition coefficient (Wildman–Crippen LogP) is 1.91. The molecule has 0 aromatic carbocycles. The van der Waals surface area contributed by atoms with Gasteiger partial charge in [0.15, 0.2) is 0 Å². The maximum atomic E-state index is 12.0. The molecule has 1 aliphatic rings. The highest BCUT2D eigenvalue weighted by Gasteiger charge is 2.50. The van der Waals surface area contributed by atoms with Gasteiger partial charge in [0, 0.05) is 6.04 Å². The number of rotatable bonds is 3. The first-order valence-electron chi connectivity index (χ1n) is 5.79. The standard InChI is InChI=1S/C10H16F3NO5S/c1-9(2,3)18-8(15)14-6-4-7(5-6)19-20(16,17)10(11,12)13/h6-7H,4-5H2,1-3H3,(H,14,15)/t6-,7+. The van der Waals surface area contributed by atoms with Crippen molar-refractivity contribution in [3.05, 3.63) is 0 Å². The van der Waals surface area contributed by atoms with Gasteiger partial charge in [0.25, 0.3) is 0 Å². The molecule has 1 aliphatic carbocycles. The molecule has 1 N–H and O–H groups in total. The number of amides is 1. The molecule has 6 nitrogen and oxygen atoms in total. The molecule has 1 fully saturated rings. The average molecular weight is 319 g/mol. The second-order valence-electron chi connectivity index (χ2n) is 5.43. The van der Waals surface area contributed by atoms with Crippen molar-refractivity contribution in [3.8, 4) is 0 Å². The molecule has 0 spiro atoms. The molecular formula is C10H16F3NO5S. The number of alkyl halides is 3. The highest BCUT2D eigenvalue weighted by molar-refractivity contribution is 7.87. The third-order valence-corrected chi connectivity index (χ3v) is 3.45. The molecule has 0 saturated heterocycles.